The molecule has 1 saturated carbocycles. The molecule has 0 aromatic heterocycles. The number of aliphatic carboxylic acids is 1. The molecule has 1 N–H and O–H groups in total. The molecule has 1 aliphatic carbocycles. The Bertz CT molecular complexity index is 364. The number of carboxylic acids is 1. The molecule has 1 heterocycles. The van der Waals surface area contributed by atoms with E-state index in [0.717, 1.165) is 25.8 Å². The molecule has 4 nitrogen and oxygen atoms in total. The second-order valence-corrected chi connectivity index (χ2v) is 6.47. The van der Waals surface area contributed by atoms with Crippen molar-refractivity contribution in [1.82, 2.24) is 4.90 Å². The number of nitrogens with zero attached hydrogens (tertiary/aromatic N) is 1. The van der Waals surface area contributed by atoms with E-state index >= 15 is 0 Å². The van der Waals surface area contributed by atoms with Crippen molar-refractivity contribution in [2.24, 2.45) is 23.2 Å². The molecule has 1 aliphatic heterocycles. The molecule has 0 aromatic carbocycles. The molecule has 102 valence electrons. The third-order valence-electron chi connectivity index (χ3n) is 4.73. The number of carboxylic acid groups (broad SMARTS) is 1. The van der Waals surface area contributed by atoms with Crippen molar-refractivity contribution < 1.29 is 14.7 Å². The maximum Gasteiger partial charge on any atom is 0.309 e. The topological polar surface area (TPSA) is 57.6 Å². The van der Waals surface area contributed by atoms with Crippen LogP contribution in [0.3, 0.4) is 0 Å². The fraction of sp³-hybridized carbons (Fsp3) is 0.857. The van der Waals surface area contributed by atoms with Gasteiger partial charge in [-0.25, -0.2) is 0 Å². The highest BCUT2D eigenvalue weighted by atomic mass is 16.4. The summed E-state index contributed by atoms with van der Waals surface area (Å²) in [6.07, 6.45) is 2.83. The summed E-state index contributed by atoms with van der Waals surface area (Å²) in [7, 11) is 0. The summed E-state index contributed by atoms with van der Waals surface area (Å²) in [4.78, 5) is 25.4. The lowest BCUT2D eigenvalue weighted by Gasteiger charge is -2.39. The average molecular weight is 253 g/mol. The van der Waals surface area contributed by atoms with Crippen molar-refractivity contribution in [1.29, 1.82) is 0 Å². The molecule has 2 rings (SSSR count). The van der Waals surface area contributed by atoms with Crippen LogP contribution >= 0.6 is 0 Å². The molecule has 1 amide bonds. The molecule has 3 unspecified atom stereocenters. The second-order valence-electron chi connectivity index (χ2n) is 6.47. The minimum absolute atomic E-state index is 0.0711. The fourth-order valence-electron chi connectivity index (χ4n) is 2.84. The van der Waals surface area contributed by atoms with E-state index < -0.39 is 11.4 Å². The van der Waals surface area contributed by atoms with Crippen LogP contribution in [0.25, 0.3) is 0 Å². The largest absolute Gasteiger partial charge is 0.481 e. The highest BCUT2D eigenvalue weighted by Gasteiger charge is 2.45. The third kappa shape index (κ3) is 2.38. The standard InChI is InChI=1S/C14H23NO3/c1-9-7-11(9)12(16)15-6-4-5-10(8-15)14(2,3)13(17)18/h9-11H,4-8H2,1-3H3,(H,17,18). The molecule has 0 radical (unpaired) electrons. The quantitative estimate of drug-likeness (QED) is 0.837. The molecular weight excluding hydrogens is 230 g/mol. The molecule has 18 heavy (non-hydrogen) atoms. The Labute approximate surface area is 108 Å². The summed E-state index contributed by atoms with van der Waals surface area (Å²) in [5, 5.41) is 9.28. The SMILES string of the molecule is CC1CC1C(=O)N1CCCC(C(C)(C)C(=O)O)C1. The number of piperidine rings is 1. The summed E-state index contributed by atoms with van der Waals surface area (Å²) >= 11 is 0. The van der Waals surface area contributed by atoms with E-state index in [0.29, 0.717) is 12.5 Å². The Morgan fingerprint density at radius 3 is 2.44 bits per heavy atom. The van der Waals surface area contributed by atoms with Gasteiger partial charge in [0, 0.05) is 19.0 Å². The fourth-order valence-corrected chi connectivity index (χ4v) is 2.84. The van der Waals surface area contributed by atoms with Gasteiger partial charge in [0.15, 0.2) is 0 Å². The van der Waals surface area contributed by atoms with Gasteiger partial charge in [-0.05, 0) is 44.9 Å². The van der Waals surface area contributed by atoms with Gasteiger partial charge in [0.05, 0.1) is 5.41 Å². The lowest BCUT2D eigenvalue weighted by Crippen LogP contribution is -2.47. The number of carbonyl (C=O) groups excluding carboxylic acids is 1. The zero-order chi connectivity index (χ0) is 13.5. The van der Waals surface area contributed by atoms with E-state index in [2.05, 4.69) is 6.92 Å². The van der Waals surface area contributed by atoms with Crippen molar-refractivity contribution in [3.05, 3.63) is 0 Å². The van der Waals surface area contributed by atoms with Crippen molar-refractivity contribution >= 4 is 11.9 Å². The Hall–Kier alpha value is -1.06. The highest BCUT2D eigenvalue weighted by Crippen LogP contribution is 2.41. The predicted molar refractivity (Wildman–Crippen MR) is 68.0 cm³/mol. The summed E-state index contributed by atoms with van der Waals surface area (Å²) in [5.74, 6) is 0.277. The van der Waals surface area contributed by atoms with Crippen LogP contribution in [0.2, 0.25) is 0 Å². The Kier molecular flexibility index (Phi) is 3.39. The molecule has 0 bridgehead atoms. The lowest BCUT2D eigenvalue weighted by molar-refractivity contribution is -0.153. The molecule has 2 aliphatic rings. The predicted octanol–water partition coefficient (Wildman–Crippen LogP) is 1.99. The molecule has 0 aromatic rings. The van der Waals surface area contributed by atoms with Crippen LogP contribution in [-0.2, 0) is 9.59 Å². The highest BCUT2D eigenvalue weighted by molar-refractivity contribution is 5.82. The van der Waals surface area contributed by atoms with E-state index in [9.17, 15) is 14.7 Å². The summed E-state index contributed by atoms with van der Waals surface area (Å²) in [5.41, 5.74) is -0.742. The van der Waals surface area contributed by atoms with Gasteiger partial charge >= 0.3 is 5.97 Å². The number of amides is 1. The van der Waals surface area contributed by atoms with Crippen molar-refractivity contribution in [3.63, 3.8) is 0 Å². The van der Waals surface area contributed by atoms with Gasteiger partial charge in [0.2, 0.25) is 5.91 Å². The Morgan fingerprint density at radius 1 is 1.33 bits per heavy atom. The van der Waals surface area contributed by atoms with Gasteiger partial charge in [-0.15, -0.1) is 0 Å². The van der Waals surface area contributed by atoms with Gasteiger partial charge in [-0.2, -0.15) is 0 Å². The first-order valence-corrected chi connectivity index (χ1v) is 6.86. The van der Waals surface area contributed by atoms with Gasteiger partial charge in [0.25, 0.3) is 0 Å². The van der Waals surface area contributed by atoms with E-state index in [-0.39, 0.29) is 17.7 Å². The van der Waals surface area contributed by atoms with E-state index in [1.165, 1.54) is 0 Å². The van der Waals surface area contributed by atoms with Crippen LogP contribution in [0.5, 0.6) is 0 Å². The summed E-state index contributed by atoms with van der Waals surface area (Å²) < 4.78 is 0. The van der Waals surface area contributed by atoms with Crippen LogP contribution in [0.1, 0.15) is 40.0 Å². The van der Waals surface area contributed by atoms with Crippen molar-refractivity contribution in [2.45, 2.75) is 40.0 Å². The first kappa shape index (κ1) is 13.4. The Morgan fingerprint density at radius 2 is 1.94 bits per heavy atom. The van der Waals surface area contributed by atoms with Crippen LogP contribution in [-0.4, -0.2) is 35.0 Å². The number of hydrogen-bond acceptors (Lipinski definition) is 2. The van der Waals surface area contributed by atoms with Gasteiger partial charge in [-0.3, -0.25) is 9.59 Å². The number of likely N-dealkylation sites (tertiary alicyclic amines) is 1. The number of rotatable bonds is 3. The smallest absolute Gasteiger partial charge is 0.309 e. The van der Waals surface area contributed by atoms with Gasteiger partial charge in [-0.1, -0.05) is 6.92 Å². The van der Waals surface area contributed by atoms with Gasteiger partial charge in [0.1, 0.15) is 0 Å². The second kappa shape index (κ2) is 4.56. The van der Waals surface area contributed by atoms with Crippen LogP contribution in [0.4, 0.5) is 0 Å². The summed E-state index contributed by atoms with van der Waals surface area (Å²) in [6, 6.07) is 0. The van der Waals surface area contributed by atoms with Crippen LogP contribution in [0.15, 0.2) is 0 Å². The molecule has 0 spiro atoms. The monoisotopic (exact) mass is 253 g/mol. The zero-order valence-corrected chi connectivity index (χ0v) is 11.5. The van der Waals surface area contributed by atoms with E-state index in [4.69, 9.17) is 0 Å². The zero-order valence-electron chi connectivity index (χ0n) is 11.5. The first-order chi connectivity index (χ1) is 8.34. The lowest BCUT2D eigenvalue weighted by atomic mass is 9.74. The van der Waals surface area contributed by atoms with E-state index in [1.807, 2.05) is 4.90 Å². The maximum absolute atomic E-state index is 12.2. The molecule has 1 saturated heterocycles. The van der Waals surface area contributed by atoms with Crippen molar-refractivity contribution in [2.75, 3.05) is 13.1 Å². The minimum atomic E-state index is -0.762. The van der Waals surface area contributed by atoms with E-state index in [1.54, 1.807) is 13.8 Å². The molecule has 3 atom stereocenters. The maximum atomic E-state index is 12.2. The minimum Gasteiger partial charge on any atom is -0.481 e. The first-order valence-electron chi connectivity index (χ1n) is 6.86. The molecule has 4 heteroatoms. The average Bonchev–Trinajstić information content (AvgIpc) is 3.05. The van der Waals surface area contributed by atoms with Crippen LogP contribution < -0.4 is 0 Å². The van der Waals surface area contributed by atoms with Crippen molar-refractivity contribution in [3.8, 4) is 0 Å². The molecular formula is C14H23NO3. The van der Waals surface area contributed by atoms with Crippen LogP contribution in [0, 0.1) is 23.2 Å². The Balaban J connectivity index is 2.00. The number of hydrogen-bond donors (Lipinski definition) is 1. The summed E-state index contributed by atoms with van der Waals surface area (Å²) in [6.45, 7) is 7.06. The number of carbonyl (C=O) groups is 2. The van der Waals surface area contributed by atoms with Gasteiger partial charge < -0.3 is 10.0 Å². The normalized spacial score (nSPS) is 32.2. The third-order valence-corrected chi connectivity index (χ3v) is 4.73. The molecule has 2 fully saturated rings.